The van der Waals surface area contributed by atoms with Crippen LogP contribution in [-0.2, 0) is 6.42 Å². The Morgan fingerprint density at radius 1 is 1.42 bits per heavy atom. The van der Waals surface area contributed by atoms with Crippen LogP contribution in [0.5, 0.6) is 0 Å². The minimum absolute atomic E-state index is 0.147. The number of hydrogen-bond acceptors (Lipinski definition) is 2. The first-order valence-corrected chi connectivity index (χ1v) is 8.06. The highest BCUT2D eigenvalue weighted by molar-refractivity contribution is 9.10. The quantitative estimate of drug-likeness (QED) is 0.771. The molecule has 0 aliphatic carbocycles. The second-order valence-electron chi connectivity index (χ2n) is 4.22. The Balaban J connectivity index is 2.21. The molecule has 0 fully saturated rings. The molecular weight excluding hydrogens is 349 g/mol. The van der Waals surface area contributed by atoms with Crippen molar-refractivity contribution in [2.45, 2.75) is 19.4 Å². The summed E-state index contributed by atoms with van der Waals surface area (Å²) in [5.74, 6) is -0.375. The zero-order valence-corrected chi connectivity index (χ0v) is 13.6. The normalized spacial score (nSPS) is 12.6. The van der Waals surface area contributed by atoms with Crippen LogP contribution in [0.2, 0.25) is 5.02 Å². The average molecular weight is 363 g/mol. The van der Waals surface area contributed by atoms with E-state index in [9.17, 15) is 4.39 Å². The molecule has 0 aliphatic rings. The largest absolute Gasteiger partial charge is 0.310 e. The Morgan fingerprint density at radius 2 is 2.21 bits per heavy atom. The number of thiophene rings is 1. The van der Waals surface area contributed by atoms with Crippen LogP contribution < -0.4 is 5.32 Å². The SMILES string of the molecule is CCNC(Cc1cc(Br)cs1)c1ccc(F)c(Cl)c1. The van der Waals surface area contributed by atoms with Gasteiger partial charge in [0.2, 0.25) is 0 Å². The fraction of sp³-hybridized carbons (Fsp3) is 0.286. The van der Waals surface area contributed by atoms with E-state index in [0.717, 1.165) is 23.0 Å². The number of nitrogens with one attached hydrogen (secondary N) is 1. The van der Waals surface area contributed by atoms with E-state index in [4.69, 9.17) is 11.6 Å². The molecule has 1 heterocycles. The molecule has 1 aromatic heterocycles. The van der Waals surface area contributed by atoms with Gasteiger partial charge in [-0.1, -0.05) is 24.6 Å². The van der Waals surface area contributed by atoms with Crippen molar-refractivity contribution < 1.29 is 4.39 Å². The standard InChI is InChI=1S/C14H14BrClFNS/c1-2-18-14(7-11-6-10(15)8-19-11)9-3-4-13(17)12(16)5-9/h3-6,8,14,18H,2,7H2,1H3. The van der Waals surface area contributed by atoms with Crippen molar-refractivity contribution in [2.24, 2.45) is 0 Å². The maximum absolute atomic E-state index is 13.2. The lowest BCUT2D eigenvalue weighted by Gasteiger charge is -2.18. The Bertz CT molecular complexity index is 558. The highest BCUT2D eigenvalue weighted by atomic mass is 79.9. The lowest BCUT2D eigenvalue weighted by molar-refractivity contribution is 0.551. The molecule has 5 heteroatoms. The molecule has 19 heavy (non-hydrogen) atoms. The number of hydrogen-bond donors (Lipinski definition) is 1. The van der Waals surface area contributed by atoms with Crippen LogP contribution in [-0.4, -0.2) is 6.54 Å². The van der Waals surface area contributed by atoms with Crippen molar-refractivity contribution in [1.82, 2.24) is 5.32 Å². The predicted molar refractivity (Wildman–Crippen MR) is 83.6 cm³/mol. The third kappa shape index (κ3) is 4.02. The second-order valence-corrected chi connectivity index (χ2v) is 6.54. The number of halogens is 3. The van der Waals surface area contributed by atoms with Gasteiger partial charge in [0.05, 0.1) is 5.02 Å². The Morgan fingerprint density at radius 3 is 2.79 bits per heavy atom. The van der Waals surface area contributed by atoms with E-state index < -0.39 is 0 Å². The molecule has 0 amide bonds. The van der Waals surface area contributed by atoms with E-state index in [0.29, 0.717) is 0 Å². The van der Waals surface area contributed by atoms with Crippen LogP contribution in [0.25, 0.3) is 0 Å². The molecule has 2 rings (SSSR count). The summed E-state index contributed by atoms with van der Waals surface area (Å²) in [7, 11) is 0. The van der Waals surface area contributed by atoms with Crippen molar-refractivity contribution in [2.75, 3.05) is 6.54 Å². The second kappa shape index (κ2) is 6.84. The molecule has 0 bridgehead atoms. The van der Waals surface area contributed by atoms with Crippen LogP contribution in [0, 0.1) is 5.82 Å². The third-order valence-electron chi connectivity index (χ3n) is 2.82. The minimum Gasteiger partial charge on any atom is -0.310 e. The van der Waals surface area contributed by atoms with Gasteiger partial charge < -0.3 is 5.32 Å². The van der Waals surface area contributed by atoms with Crippen LogP contribution in [0.15, 0.2) is 34.1 Å². The molecule has 0 spiro atoms. The van der Waals surface area contributed by atoms with Crippen molar-refractivity contribution in [3.05, 3.63) is 55.4 Å². The van der Waals surface area contributed by atoms with Gasteiger partial charge in [-0.2, -0.15) is 0 Å². The topological polar surface area (TPSA) is 12.0 Å². The maximum Gasteiger partial charge on any atom is 0.141 e. The van der Waals surface area contributed by atoms with Gasteiger partial charge in [-0.15, -0.1) is 11.3 Å². The summed E-state index contributed by atoms with van der Waals surface area (Å²) >= 11 is 11.0. The first-order chi connectivity index (χ1) is 9.10. The molecule has 0 aliphatic heterocycles. The van der Waals surface area contributed by atoms with E-state index in [-0.39, 0.29) is 16.9 Å². The predicted octanol–water partition coefficient (Wildman–Crippen LogP) is 5.20. The fourth-order valence-electron chi connectivity index (χ4n) is 1.95. The molecule has 1 nitrogen and oxygen atoms in total. The van der Waals surface area contributed by atoms with Gasteiger partial charge in [0.25, 0.3) is 0 Å². The highest BCUT2D eigenvalue weighted by Gasteiger charge is 2.14. The summed E-state index contributed by atoms with van der Waals surface area (Å²) < 4.78 is 14.3. The molecular formula is C14H14BrClFNS. The van der Waals surface area contributed by atoms with Crippen molar-refractivity contribution in [3.8, 4) is 0 Å². The highest BCUT2D eigenvalue weighted by Crippen LogP contribution is 2.27. The average Bonchev–Trinajstić information content (AvgIpc) is 2.78. The van der Waals surface area contributed by atoms with Crippen molar-refractivity contribution in [3.63, 3.8) is 0 Å². The van der Waals surface area contributed by atoms with Crippen LogP contribution in [0.3, 0.4) is 0 Å². The number of benzene rings is 1. The van der Waals surface area contributed by atoms with Crippen LogP contribution in [0.4, 0.5) is 4.39 Å². The van der Waals surface area contributed by atoms with Gasteiger partial charge in [0.15, 0.2) is 0 Å². The smallest absolute Gasteiger partial charge is 0.141 e. The first kappa shape index (κ1) is 15.0. The summed E-state index contributed by atoms with van der Waals surface area (Å²) in [6.07, 6.45) is 0.867. The fourth-order valence-corrected chi connectivity index (χ4v) is 3.63. The summed E-state index contributed by atoms with van der Waals surface area (Å²) in [5.41, 5.74) is 1.01. The summed E-state index contributed by atoms with van der Waals surface area (Å²) in [4.78, 5) is 1.28. The van der Waals surface area contributed by atoms with Gasteiger partial charge in [0.1, 0.15) is 5.82 Å². The molecule has 1 atom stereocenters. The molecule has 0 saturated carbocycles. The Kier molecular flexibility index (Phi) is 5.39. The molecule has 1 unspecified atom stereocenters. The van der Waals surface area contributed by atoms with Gasteiger partial charge in [-0.05, 0) is 46.2 Å². The lowest BCUT2D eigenvalue weighted by Crippen LogP contribution is -2.22. The summed E-state index contributed by atoms with van der Waals surface area (Å²) in [6, 6.07) is 7.17. The van der Waals surface area contributed by atoms with Crippen LogP contribution in [0.1, 0.15) is 23.4 Å². The first-order valence-electron chi connectivity index (χ1n) is 6.01. The zero-order valence-electron chi connectivity index (χ0n) is 10.4. The summed E-state index contributed by atoms with van der Waals surface area (Å²) in [5, 5.41) is 5.65. The molecule has 0 radical (unpaired) electrons. The van der Waals surface area contributed by atoms with Gasteiger partial charge in [-0.3, -0.25) is 0 Å². The van der Waals surface area contributed by atoms with Gasteiger partial charge in [0, 0.05) is 27.2 Å². The van der Waals surface area contributed by atoms with E-state index in [1.807, 2.05) is 0 Å². The molecule has 1 N–H and O–H groups in total. The van der Waals surface area contributed by atoms with Crippen molar-refractivity contribution >= 4 is 38.9 Å². The monoisotopic (exact) mass is 361 g/mol. The van der Waals surface area contributed by atoms with Gasteiger partial charge >= 0.3 is 0 Å². The Hall–Kier alpha value is -0.420. The molecule has 1 aromatic carbocycles. The maximum atomic E-state index is 13.2. The van der Waals surface area contributed by atoms with Gasteiger partial charge in [-0.25, -0.2) is 4.39 Å². The Labute approximate surface area is 129 Å². The van der Waals surface area contributed by atoms with E-state index in [2.05, 4.69) is 39.6 Å². The molecule has 102 valence electrons. The summed E-state index contributed by atoms with van der Waals surface area (Å²) in [6.45, 7) is 2.91. The number of rotatable bonds is 5. The van der Waals surface area contributed by atoms with E-state index in [1.165, 1.54) is 10.9 Å². The van der Waals surface area contributed by atoms with E-state index >= 15 is 0 Å². The lowest BCUT2D eigenvalue weighted by atomic mass is 10.0. The van der Waals surface area contributed by atoms with Crippen LogP contribution >= 0.6 is 38.9 Å². The molecule has 2 aromatic rings. The zero-order chi connectivity index (χ0) is 13.8. The minimum atomic E-state index is -0.375. The van der Waals surface area contributed by atoms with Crippen molar-refractivity contribution in [1.29, 1.82) is 0 Å². The third-order valence-corrected chi connectivity index (χ3v) is 4.83. The molecule has 0 saturated heterocycles. The van der Waals surface area contributed by atoms with E-state index in [1.54, 1.807) is 23.5 Å². The number of likely N-dealkylation sites (N-methyl/N-ethyl adjacent to an activating group) is 1.